The Morgan fingerprint density at radius 3 is 1.14 bits per heavy atom. The molecular formula is H2Ca2O4P+3. The van der Waals surface area contributed by atoms with Crippen LogP contribution >= 0.6 is 7.82 Å². The van der Waals surface area contributed by atoms with Gasteiger partial charge in [0, 0.05) is 0 Å². The minimum Gasteiger partial charge on any atom is -0.822 e. The number of hydrogen-bond donors (Lipinski definition) is 0. The van der Waals surface area contributed by atoms with Crippen LogP contribution in [0.15, 0.2) is 0 Å². The molecular weight excluding hydrogens is 175 g/mol. The average molecular weight is 177 g/mol. The zero-order chi connectivity index (χ0) is 4.50. The van der Waals surface area contributed by atoms with Gasteiger partial charge in [0.05, 0.1) is 0 Å². The second-order valence-electron chi connectivity index (χ2n) is 0.447. The fourth-order valence-corrected chi connectivity index (χ4v) is 0. The quantitative estimate of drug-likeness (QED) is 0.285. The van der Waals surface area contributed by atoms with Gasteiger partial charge in [-0.1, -0.05) is 0 Å². The van der Waals surface area contributed by atoms with Crippen molar-refractivity contribution >= 4 is 83.3 Å². The van der Waals surface area contributed by atoms with Gasteiger partial charge < -0.3 is 19.2 Å². The predicted molar refractivity (Wildman–Crippen MR) is 21.3 cm³/mol. The van der Waals surface area contributed by atoms with Crippen molar-refractivity contribution in [2.24, 2.45) is 0 Å². The van der Waals surface area contributed by atoms with E-state index in [0.29, 0.717) is 0 Å². The zero-order valence-electron chi connectivity index (χ0n) is 5.49. The van der Waals surface area contributed by atoms with Crippen molar-refractivity contribution in [2.45, 2.75) is 0 Å². The molecule has 0 rings (SSSR count). The normalized spacial score (nSPS) is 8.43. The molecule has 7 heavy (non-hydrogen) atoms. The third-order valence-electron chi connectivity index (χ3n) is 0. The fraction of sp³-hybridized carbons (Fsp3) is 0. The van der Waals surface area contributed by atoms with E-state index >= 15 is 0 Å². The molecule has 0 heterocycles. The van der Waals surface area contributed by atoms with Crippen LogP contribution in [-0.4, -0.2) is 75.5 Å². The van der Waals surface area contributed by atoms with Crippen molar-refractivity contribution in [3.63, 3.8) is 0 Å². The summed E-state index contributed by atoms with van der Waals surface area (Å²) in [4.78, 5) is 25.6. The van der Waals surface area contributed by atoms with Gasteiger partial charge in [0.25, 0.3) is 0 Å². The van der Waals surface area contributed by atoms with E-state index in [0.717, 1.165) is 0 Å². The van der Waals surface area contributed by atoms with E-state index in [2.05, 4.69) is 0 Å². The zero-order valence-corrected chi connectivity index (χ0v) is 8.81. The monoisotopic (exact) mass is 177 g/mol. The fourth-order valence-electron chi connectivity index (χ4n) is 0. The summed E-state index contributed by atoms with van der Waals surface area (Å²) in [6.45, 7) is 0. The van der Waals surface area contributed by atoms with Crippen LogP contribution in [-0.2, 0) is 4.57 Å². The van der Waals surface area contributed by atoms with E-state index in [4.69, 9.17) is 19.2 Å². The summed E-state index contributed by atoms with van der Waals surface area (Å²) in [5.41, 5.74) is 0. The molecule has 0 amide bonds. The molecule has 0 aliphatic rings. The van der Waals surface area contributed by atoms with Crippen LogP contribution in [0.4, 0.5) is 0 Å². The molecule has 7 heteroatoms. The van der Waals surface area contributed by atoms with Crippen molar-refractivity contribution in [1.29, 1.82) is 0 Å². The molecule has 0 N–H and O–H groups in total. The summed E-state index contributed by atoms with van der Waals surface area (Å²) in [6.07, 6.45) is 0. The Kier molecular flexibility index (Phi) is 15.7. The smallest absolute Gasteiger partial charge is 0.822 e. The molecule has 0 bridgehead atoms. The average Bonchev–Trinajstić information content (AvgIpc) is 0.722. The number of phosphoric acid groups is 1. The third-order valence-corrected chi connectivity index (χ3v) is 0. The number of rotatable bonds is 0. The minimum absolute atomic E-state index is 0. The van der Waals surface area contributed by atoms with Gasteiger partial charge in [0.1, 0.15) is 0 Å². The molecule has 0 radical (unpaired) electrons. The Morgan fingerprint density at radius 2 is 1.14 bits per heavy atom. The molecule has 32 valence electrons. The first-order chi connectivity index (χ1) is 2.00. The molecule has 0 saturated carbocycles. The molecule has 0 aromatic carbocycles. The Bertz CT molecular complexity index is 62.7. The van der Waals surface area contributed by atoms with E-state index < -0.39 is 7.82 Å². The van der Waals surface area contributed by atoms with Gasteiger partial charge in [-0.3, -0.25) is 0 Å². The number of hydrogen-bond acceptors (Lipinski definition) is 4. The van der Waals surface area contributed by atoms with E-state index in [1.54, 1.807) is 0 Å². The molecule has 0 aromatic rings. The standard InChI is InChI=1S/2Ca.H3O4P/c;;1-5(2,3)4/h;;(H3,1,2,3,4)/q2*+2;/p-1. The molecule has 0 saturated heterocycles. The molecule has 0 fully saturated rings. The molecule has 4 nitrogen and oxygen atoms in total. The second kappa shape index (κ2) is 6.75. The van der Waals surface area contributed by atoms with E-state index in [1.165, 1.54) is 0 Å². The first kappa shape index (κ1) is 16.3. The SMILES string of the molecule is O=P([O-])([O-])[O-].[Ca+2].[Ca+2].[H+].[H+]. The Hall–Kier alpha value is 2.63. The Balaban J connectivity index is -0.0000000133. The Labute approximate surface area is 104 Å². The van der Waals surface area contributed by atoms with Crippen LogP contribution in [0.2, 0.25) is 0 Å². The first-order valence-electron chi connectivity index (χ1n) is 0.730. The van der Waals surface area contributed by atoms with Crippen LogP contribution in [0.1, 0.15) is 2.85 Å². The maximum Gasteiger partial charge on any atom is 2.00 e. The second-order valence-corrected chi connectivity index (χ2v) is 1.34. The van der Waals surface area contributed by atoms with Crippen molar-refractivity contribution in [3.8, 4) is 0 Å². The minimum atomic E-state index is -5.39. The van der Waals surface area contributed by atoms with Gasteiger partial charge in [-0.05, 0) is 0 Å². The summed E-state index contributed by atoms with van der Waals surface area (Å²) in [7, 11) is -5.39. The largest absolute Gasteiger partial charge is 2.00 e. The summed E-state index contributed by atoms with van der Waals surface area (Å²) < 4.78 is 8.55. The van der Waals surface area contributed by atoms with Crippen molar-refractivity contribution in [1.82, 2.24) is 0 Å². The summed E-state index contributed by atoms with van der Waals surface area (Å²) in [6, 6.07) is 0. The van der Waals surface area contributed by atoms with Crippen LogP contribution < -0.4 is 14.7 Å². The van der Waals surface area contributed by atoms with Crippen LogP contribution in [0.25, 0.3) is 0 Å². The van der Waals surface area contributed by atoms with E-state index in [9.17, 15) is 0 Å². The van der Waals surface area contributed by atoms with Crippen molar-refractivity contribution < 1.29 is 22.1 Å². The Morgan fingerprint density at radius 1 is 1.14 bits per heavy atom. The summed E-state index contributed by atoms with van der Waals surface area (Å²) >= 11 is 0. The third kappa shape index (κ3) is 54.9. The van der Waals surface area contributed by atoms with Crippen LogP contribution in [0, 0.1) is 0 Å². The molecule has 0 atom stereocenters. The molecule has 0 spiro atoms. The summed E-state index contributed by atoms with van der Waals surface area (Å²) in [5, 5.41) is 0. The molecule has 0 unspecified atom stereocenters. The van der Waals surface area contributed by atoms with Gasteiger partial charge in [-0.2, -0.15) is 7.82 Å². The van der Waals surface area contributed by atoms with E-state index in [-0.39, 0.29) is 78.3 Å². The first-order valence-corrected chi connectivity index (χ1v) is 2.19. The van der Waals surface area contributed by atoms with Crippen molar-refractivity contribution in [3.05, 3.63) is 0 Å². The van der Waals surface area contributed by atoms with Gasteiger partial charge in [-0.25, -0.2) is 0 Å². The van der Waals surface area contributed by atoms with Gasteiger partial charge in [0.2, 0.25) is 0 Å². The topological polar surface area (TPSA) is 86.2 Å². The summed E-state index contributed by atoms with van der Waals surface area (Å²) in [5.74, 6) is 0. The molecule has 0 aromatic heterocycles. The van der Waals surface area contributed by atoms with Gasteiger partial charge >= 0.3 is 78.3 Å². The maximum atomic E-state index is 8.55. The van der Waals surface area contributed by atoms with Gasteiger partial charge in [-0.15, -0.1) is 0 Å². The van der Waals surface area contributed by atoms with Gasteiger partial charge in [0.15, 0.2) is 0 Å². The molecule has 0 aliphatic heterocycles. The maximum absolute atomic E-state index is 8.55. The molecule has 0 aliphatic carbocycles. The van der Waals surface area contributed by atoms with Crippen LogP contribution in [0.5, 0.6) is 0 Å². The van der Waals surface area contributed by atoms with Crippen molar-refractivity contribution in [2.75, 3.05) is 0 Å². The van der Waals surface area contributed by atoms with E-state index in [1.807, 2.05) is 0 Å². The van der Waals surface area contributed by atoms with Crippen LogP contribution in [0.3, 0.4) is 0 Å². The predicted octanol–water partition coefficient (Wildman–Crippen LogP) is -3.36.